The Balaban J connectivity index is 1.26. The fourth-order valence-corrected chi connectivity index (χ4v) is 3.97. The fraction of sp³-hybridized carbons (Fsp3) is 0.455. The van der Waals surface area contributed by atoms with E-state index in [1.165, 1.54) is 30.3 Å². The number of hydrogen-bond acceptors (Lipinski definition) is 6. The number of rotatable bonds is 6. The second-order valence-electron chi connectivity index (χ2n) is 7.83. The van der Waals surface area contributed by atoms with Crippen LogP contribution in [0.15, 0.2) is 36.4 Å². The molecule has 0 spiro atoms. The lowest BCUT2D eigenvalue weighted by Crippen LogP contribution is -2.46. The normalized spacial score (nSPS) is 24.8. The van der Waals surface area contributed by atoms with Crippen LogP contribution in [0.5, 0.6) is 11.5 Å². The molecule has 0 aliphatic carbocycles. The molecule has 0 bridgehead atoms. The van der Waals surface area contributed by atoms with Crippen LogP contribution >= 0.6 is 0 Å². The summed E-state index contributed by atoms with van der Waals surface area (Å²) in [6, 6.07) is 8.24. The molecule has 0 fully saturated rings. The molecule has 2 aromatic carbocycles. The molecule has 0 unspecified atom stereocenters. The van der Waals surface area contributed by atoms with Crippen molar-refractivity contribution in [1.29, 1.82) is 0 Å². The van der Waals surface area contributed by atoms with Crippen molar-refractivity contribution >= 4 is 0 Å². The van der Waals surface area contributed by atoms with Crippen molar-refractivity contribution in [1.82, 2.24) is 5.32 Å². The standard InChI is InChI=1S/C22H25F2NO5/c23-13-2-5-19-12(7-13)1-4-21(29-19)17(27)10-25-11-18(28)22-9-16(26)15-8-14(24)3-6-20(15)30-22/h2-3,5-8,16-18,21-22,25-28H,1,4,9-11H2/t16-,17-,18-,21-,22+/m0/s1. The Hall–Kier alpha value is -2.26. The number of ether oxygens (including phenoxy) is 2. The van der Waals surface area contributed by atoms with Crippen molar-refractivity contribution in [2.24, 2.45) is 0 Å². The summed E-state index contributed by atoms with van der Waals surface area (Å²) in [5.74, 6) is 0.162. The molecule has 0 saturated heterocycles. The Kier molecular flexibility index (Phi) is 6.19. The van der Waals surface area contributed by atoms with Crippen LogP contribution in [0.4, 0.5) is 8.78 Å². The molecule has 5 atom stereocenters. The number of aliphatic hydroxyl groups excluding tert-OH is 3. The summed E-state index contributed by atoms with van der Waals surface area (Å²) in [7, 11) is 0. The molecule has 0 radical (unpaired) electrons. The van der Waals surface area contributed by atoms with Crippen molar-refractivity contribution in [3.8, 4) is 11.5 Å². The van der Waals surface area contributed by atoms with Crippen LogP contribution in [-0.4, -0.2) is 52.8 Å². The second kappa shape index (κ2) is 8.85. The molecule has 0 amide bonds. The van der Waals surface area contributed by atoms with Gasteiger partial charge in [-0.2, -0.15) is 0 Å². The SMILES string of the molecule is O[C@H]1C[C@H]([C@@H](O)CNC[C@H](O)[C@@H]2CCc3cc(F)ccc3O2)Oc2ccc(F)cc21. The number of hydrogen-bond donors (Lipinski definition) is 4. The molecule has 6 nitrogen and oxygen atoms in total. The van der Waals surface area contributed by atoms with Crippen LogP contribution in [0.25, 0.3) is 0 Å². The Bertz CT molecular complexity index is 896. The van der Waals surface area contributed by atoms with Crippen molar-refractivity contribution in [3.63, 3.8) is 0 Å². The van der Waals surface area contributed by atoms with Gasteiger partial charge in [0.2, 0.25) is 0 Å². The third kappa shape index (κ3) is 4.57. The average Bonchev–Trinajstić information content (AvgIpc) is 2.73. The molecule has 0 aromatic heterocycles. The van der Waals surface area contributed by atoms with Crippen LogP contribution in [0.3, 0.4) is 0 Å². The molecule has 2 aromatic rings. The molecule has 4 N–H and O–H groups in total. The maximum absolute atomic E-state index is 13.3. The zero-order valence-corrected chi connectivity index (χ0v) is 16.3. The van der Waals surface area contributed by atoms with E-state index in [0.29, 0.717) is 29.9 Å². The number of nitrogens with one attached hydrogen (secondary N) is 1. The summed E-state index contributed by atoms with van der Waals surface area (Å²) in [6.07, 6.45) is -2.43. The molecule has 8 heteroatoms. The Morgan fingerprint density at radius 3 is 2.33 bits per heavy atom. The lowest BCUT2D eigenvalue weighted by molar-refractivity contribution is -0.0175. The van der Waals surface area contributed by atoms with Crippen LogP contribution < -0.4 is 14.8 Å². The minimum atomic E-state index is -0.930. The van der Waals surface area contributed by atoms with E-state index in [0.717, 1.165) is 5.56 Å². The quantitative estimate of drug-likeness (QED) is 0.569. The smallest absolute Gasteiger partial charge is 0.129 e. The fourth-order valence-electron chi connectivity index (χ4n) is 3.97. The van der Waals surface area contributed by atoms with Gasteiger partial charge in [-0.3, -0.25) is 0 Å². The Morgan fingerprint density at radius 1 is 0.933 bits per heavy atom. The summed E-state index contributed by atoms with van der Waals surface area (Å²) in [4.78, 5) is 0. The van der Waals surface area contributed by atoms with Gasteiger partial charge in [0, 0.05) is 25.1 Å². The highest BCUT2D eigenvalue weighted by atomic mass is 19.1. The average molecular weight is 421 g/mol. The predicted octanol–water partition coefficient (Wildman–Crippen LogP) is 1.85. The number of aryl methyl sites for hydroxylation is 1. The van der Waals surface area contributed by atoms with Gasteiger partial charge < -0.3 is 30.1 Å². The summed E-state index contributed by atoms with van der Waals surface area (Å²) in [5.41, 5.74) is 1.16. The van der Waals surface area contributed by atoms with Gasteiger partial charge in [-0.05, 0) is 54.8 Å². The Morgan fingerprint density at radius 2 is 1.57 bits per heavy atom. The molecule has 2 aliphatic rings. The van der Waals surface area contributed by atoms with Gasteiger partial charge in [-0.25, -0.2) is 8.78 Å². The zero-order valence-electron chi connectivity index (χ0n) is 16.3. The third-order valence-corrected chi connectivity index (χ3v) is 5.63. The van der Waals surface area contributed by atoms with E-state index in [1.807, 2.05) is 0 Å². The number of halogens is 2. The lowest BCUT2D eigenvalue weighted by Gasteiger charge is -2.33. The molecule has 162 valence electrons. The first-order valence-electron chi connectivity index (χ1n) is 10.1. The van der Waals surface area contributed by atoms with Crippen LogP contribution in [-0.2, 0) is 6.42 Å². The number of benzene rings is 2. The summed E-state index contributed by atoms with van der Waals surface area (Å²) >= 11 is 0. The first-order valence-corrected chi connectivity index (χ1v) is 10.1. The molecular weight excluding hydrogens is 396 g/mol. The lowest BCUT2D eigenvalue weighted by atomic mass is 9.96. The van der Waals surface area contributed by atoms with Crippen molar-refractivity contribution in [2.75, 3.05) is 13.1 Å². The van der Waals surface area contributed by atoms with E-state index in [-0.39, 0.29) is 25.3 Å². The van der Waals surface area contributed by atoms with Crippen LogP contribution in [0.1, 0.15) is 30.1 Å². The highest BCUT2D eigenvalue weighted by molar-refractivity contribution is 5.38. The van der Waals surface area contributed by atoms with E-state index in [2.05, 4.69) is 5.32 Å². The van der Waals surface area contributed by atoms with Crippen LogP contribution in [0, 0.1) is 11.6 Å². The highest BCUT2D eigenvalue weighted by Gasteiger charge is 2.32. The maximum Gasteiger partial charge on any atom is 0.129 e. The summed E-state index contributed by atoms with van der Waals surface area (Å²) in [5, 5.41) is 34.1. The molecule has 2 aliphatic heterocycles. The van der Waals surface area contributed by atoms with Crippen molar-refractivity contribution < 1.29 is 33.6 Å². The minimum absolute atomic E-state index is 0.138. The Labute approximate surface area is 173 Å². The number of aliphatic hydroxyl groups is 3. The van der Waals surface area contributed by atoms with Crippen LogP contribution in [0.2, 0.25) is 0 Å². The van der Waals surface area contributed by atoms with Gasteiger partial charge in [0.05, 0.1) is 6.10 Å². The molecular formula is C22H25F2NO5. The first kappa shape index (κ1) is 21.0. The molecule has 0 saturated carbocycles. The van der Waals surface area contributed by atoms with Crippen molar-refractivity contribution in [2.45, 2.75) is 49.8 Å². The van der Waals surface area contributed by atoms with E-state index >= 15 is 0 Å². The van der Waals surface area contributed by atoms with Crippen molar-refractivity contribution in [3.05, 3.63) is 59.2 Å². The summed E-state index contributed by atoms with van der Waals surface area (Å²) < 4.78 is 38.1. The highest BCUT2D eigenvalue weighted by Crippen LogP contribution is 2.36. The molecule has 4 rings (SSSR count). The zero-order chi connectivity index (χ0) is 21.3. The second-order valence-corrected chi connectivity index (χ2v) is 7.83. The van der Waals surface area contributed by atoms with Gasteiger partial charge in [0.15, 0.2) is 0 Å². The predicted molar refractivity (Wildman–Crippen MR) is 104 cm³/mol. The van der Waals surface area contributed by atoms with E-state index < -0.39 is 36.3 Å². The monoisotopic (exact) mass is 421 g/mol. The van der Waals surface area contributed by atoms with E-state index in [1.54, 1.807) is 6.07 Å². The largest absolute Gasteiger partial charge is 0.487 e. The first-order chi connectivity index (χ1) is 14.4. The van der Waals surface area contributed by atoms with Gasteiger partial charge in [0.25, 0.3) is 0 Å². The third-order valence-electron chi connectivity index (χ3n) is 5.63. The number of fused-ring (bicyclic) bond motifs is 2. The van der Waals surface area contributed by atoms with E-state index in [4.69, 9.17) is 9.47 Å². The van der Waals surface area contributed by atoms with Gasteiger partial charge >= 0.3 is 0 Å². The maximum atomic E-state index is 13.3. The van der Waals surface area contributed by atoms with Gasteiger partial charge in [0.1, 0.15) is 47.5 Å². The minimum Gasteiger partial charge on any atom is -0.487 e. The topological polar surface area (TPSA) is 91.2 Å². The van der Waals surface area contributed by atoms with Gasteiger partial charge in [-0.15, -0.1) is 0 Å². The molecule has 2 heterocycles. The van der Waals surface area contributed by atoms with Gasteiger partial charge in [-0.1, -0.05) is 0 Å². The molecule has 30 heavy (non-hydrogen) atoms. The van der Waals surface area contributed by atoms with E-state index in [9.17, 15) is 24.1 Å². The summed E-state index contributed by atoms with van der Waals surface area (Å²) in [6.45, 7) is 0.328.